The van der Waals surface area contributed by atoms with E-state index in [1.165, 1.54) is 26.5 Å². The first-order chi connectivity index (χ1) is 9.65. The molecule has 5 nitrogen and oxygen atoms in total. The van der Waals surface area contributed by atoms with Crippen LogP contribution in [0.25, 0.3) is 10.9 Å². The van der Waals surface area contributed by atoms with Crippen LogP contribution in [-0.4, -0.2) is 37.9 Å². The maximum absolute atomic E-state index is 13.5. The summed E-state index contributed by atoms with van der Waals surface area (Å²) in [4.78, 5) is 15.9. The van der Waals surface area contributed by atoms with E-state index in [0.717, 1.165) is 0 Å². The third kappa shape index (κ3) is 3.09. The van der Waals surface area contributed by atoms with Crippen molar-refractivity contribution < 1.29 is 18.7 Å². The third-order valence-corrected chi connectivity index (χ3v) is 2.88. The van der Waals surface area contributed by atoms with Crippen molar-refractivity contribution in [3.63, 3.8) is 0 Å². The predicted octanol–water partition coefficient (Wildman–Crippen LogP) is 1.72. The molecular weight excluding hydrogens is 263 g/mol. The minimum atomic E-state index is -0.509. The molecule has 6 heteroatoms. The number of methoxy groups -OCH3 is 2. The molecular formula is C14H15FN2O3. The molecule has 1 heterocycles. The van der Waals surface area contributed by atoms with Gasteiger partial charge in [0.1, 0.15) is 11.3 Å². The number of ether oxygens (including phenoxy) is 2. The van der Waals surface area contributed by atoms with E-state index in [1.54, 1.807) is 18.2 Å². The number of aromatic nitrogens is 1. The Morgan fingerprint density at radius 2 is 2.15 bits per heavy atom. The highest BCUT2D eigenvalue weighted by atomic mass is 19.1. The fourth-order valence-corrected chi connectivity index (χ4v) is 1.79. The van der Waals surface area contributed by atoms with Crippen molar-refractivity contribution in [2.45, 2.75) is 6.29 Å². The lowest BCUT2D eigenvalue weighted by Crippen LogP contribution is -2.34. The molecule has 2 aromatic rings. The smallest absolute Gasteiger partial charge is 0.253 e. The maximum Gasteiger partial charge on any atom is 0.253 e. The van der Waals surface area contributed by atoms with E-state index in [-0.39, 0.29) is 18.0 Å². The second-order valence-corrected chi connectivity index (χ2v) is 4.15. The van der Waals surface area contributed by atoms with Crippen molar-refractivity contribution in [2.24, 2.45) is 0 Å². The summed E-state index contributed by atoms with van der Waals surface area (Å²) >= 11 is 0. The molecule has 1 aromatic heterocycles. The number of carbonyl (C=O) groups excluding carboxylic acids is 1. The summed E-state index contributed by atoms with van der Waals surface area (Å²) in [5.41, 5.74) is 0.602. The average molecular weight is 278 g/mol. The van der Waals surface area contributed by atoms with E-state index < -0.39 is 12.1 Å². The van der Waals surface area contributed by atoms with Crippen LogP contribution in [0.2, 0.25) is 0 Å². The highest BCUT2D eigenvalue weighted by Crippen LogP contribution is 2.16. The molecule has 0 bridgehead atoms. The lowest BCUT2D eigenvalue weighted by atomic mass is 10.1. The zero-order chi connectivity index (χ0) is 14.5. The van der Waals surface area contributed by atoms with Crippen LogP contribution in [0.3, 0.4) is 0 Å². The molecule has 0 fully saturated rings. The van der Waals surface area contributed by atoms with E-state index in [1.807, 2.05) is 0 Å². The van der Waals surface area contributed by atoms with Gasteiger partial charge >= 0.3 is 0 Å². The molecule has 0 atom stereocenters. The van der Waals surface area contributed by atoms with Crippen LogP contribution in [0.5, 0.6) is 0 Å². The van der Waals surface area contributed by atoms with E-state index in [4.69, 9.17) is 9.47 Å². The van der Waals surface area contributed by atoms with Crippen molar-refractivity contribution >= 4 is 16.8 Å². The summed E-state index contributed by atoms with van der Waals surface area (Å²) in [5, 5.41) is 3.23. The van der Waals surface area contributed by atoms with Crippen LogP contribution in [0.15, 0.2) is 30.5 Å². The Kier molecular flexibility index (Phi) is 4.60. The SMILES string of the molecule is COC(CNC(=O)c1cnc2c(F)cccc2c1)OC. The second kappa shape index (κ2) is 6.40. The fraction of sp³-hybridized carbons (Fsp3) is 0.286. The molecule has 1 N–H and O–H groups in total. The Hall–Kier alpha value is -2.05. The highest BCUT2D eigenvalue weighted by Gasteiger charge is 2.11. The third-order valence-electron chi connectivity index (χ3n) is 2.88. The molecule has 1 amide bonds. The van der Waals surface area contributed by atoms with Gasteiger partial charge in [0.05, 0.1) is 12.1 Å². The monoisotopic (exact) mass is 278 g/mol. The first-order valence-electron chi connectivity index (χ1n) is 6.03. The van der Waals surface area contributed by atoms with Crippen LogP contribution in [0.4, 0.5) is 4.39 Å². The Bertz CT molecular complexity index is 614. The minimum Gasteiger partial charge on any atom is -0.354 e. The van der Waals surface area contributed by atoms with Gasteiger partial charge in [0.2, 0.25) is 0 Å². The number of fused-ring (bicyclic) bond motifs is 1. The van der Waals surface area contributed by atoms with Gasteiger partial charge in [0.15, 0.2) is 6.29 Å². The molecule has 0 unspecified atom stereocenters. The number of para-hydroxylation sites is 1. The van der Waals surface area contributed by atoms with Crippen LogP contribution >= 0.6 is 0 Å². The fourth-order valence-electron chi connectivity index (χ4n) is 1.79. The van der Waals surface area contributed by atoms with Crippen molar-refractivity contribution in [1.82, 2.24) is 10.3 Å². The Labute approximate surface area is 115 Å². The first kappa shape index (κ1) is 14.4. The number of carbonyl (C=O) groups is 1. The number of rotatable bonds is 5. The number of pyridine rings is 1. The normalized spacial score (nSPS) is 11.0. The molecule has 20 heavy (non-hydrogen) atoms. The number of amides is 1. The quantitative estimate of drug-likeness (QED) is 0.846. The number of hydrogen-bond donors (Lipinski definition) is 1. The predicted molar refractivity (Wildman–Crippen MR) is 71.8 cm³/mol. The average Bonchev–Trinajstić information content (AvgIpc) is 2.48. The van der Waals surface area contributed by atoms with E-state index in [0.29, 0.717) is 10.9 Å². The number of nitrogens with zero attached hydrogens (tertiary/aromatic N) is 1. The lowest BCUT2D eigenvalue weighted by molar-refractivity contribution is -0.0974. The van der Waals surface area contributed by atoms with E-state index in [9.17, 15) is 9.18 Å². The summed E-state index contributed by atoms with van der Waals surface area (Å²) < 4.78 is 23.4. The standard InChI is InChI=1S/C14H15FN2O3/c1-19-12(20-2)8-17-14(18)10-6-9-4-3-5-11(15)13(9)16-7-10/h3-7,12H,8H2,1-2H3,(H,17,18). The van der Waals surface area contributed by atoms with Gasteiger partial charge in [-0.1, -0.05) is 12.1 Å². The van der Waals surface area contributed by atoms with Gasteiger partial charge in [-0.2, -0.15) is 0 Å². The molecule has 106 valence electrons. The summed E-state index contributed by atoms with van der Waals surface area (Å²) in [6.07, 6.45) is 0.833. The van der Waals surface area contributed by atoms with Crippen LogP contribution < -0.4 is 5.32 Å². The molecule has 1 aromatic carbocycles. The molecule has 2 rings (SSSR count). The Morgan fingerprint density at radius 1 is 1.40 bits per heavy atom. The molecule has 0 aliphatic carbocycles. The van der Waals surface area contributed by atoms with Crippen molar-refractivity contribution in [3.05, 3.63) is 41.8 Å². The maximum atomic E-state index is 13.5. The molecule has 0 saturated carbocycles. The van der Waals surface area contributed by atoms with E-state index >= 15 is 0 Å². The molecule has 0 aliphatic rings. The van der Waals surface area contributed by atoms with E-state index in [2.05, 4.69) is 10.3 Å². The lowest BCUT2D eigenvalue weighted by Gasteiger charge is -2.14. The van der Waals surface area contributed by atoms with Gasteiger partial charge in [-0.15, -0.1) is 0 Å². The van der Waals surface area contributed by atoms with Gasteiger partial charge in [-0.3, -0.25) is 9.78 Å². The zero-order valence-corrected chi connectivity index (χ0v) is 11.2. The molecule has 0 aliphatic heterocycles. The Morgan fingerprint density at radius 3 is 2.85 bits per heavy atom. The van der Waals surface area contributed by atoms with Crippen molar-refractivity contribution in [2.75, 3.05) is 20.8 Å². The summed E-state index contributed by atoms with van der Waals surface area (Å²) in [7, 11) is 2.97. The number of nitrogens with one attached hydrogen (secondary N) is 1. The highest BCUT2D eigenvalue weighted by molar-refractivity contribution is 5.97. The van der Waals surface area contributed by atoms with Gasteiger partial charge in [-0.05, 0) is 12.1 Å². The molecule has 0 saturated heterocycles. The van der Waals surface area contributed by atoms with Gasteiger partial charge in [-0.25, -0.2) is 4.39 Å². The number of halogens is 1. The number of hydrogen-bond acceptors (Lipinski definition) is 4. The Balaban J connectivity index is 2.14. The van der Waals surface area contributed by atoms with Crippen molar-refractivity contribution in [3.8, 4) is 0 Å². The van der Waals surface area contributed by atoms with Crippen LogP contribution in [0, 0.1) is 5.82 Å². The largest absolute Gasteiger partial charge is 0.354 e. The topological polar surface area (TPSA) is 60.5 Å². The van der Waals surface area contributed by atoms with Crippen LogP contribution in [0.1, 0.15) is 10.4 Å². The summed E-state index contributed by atoms with van der Waals surface area (Å²) in [6, 6.07) is 6.20. The molecule has 0 radical (unpaired) electrons. The summed E-state index contributed by atoms with van der Waals surface area (Å²) in [5.74, 6) is -0.726. The zero-order valence-electron chi connectivity index (χ0n) is 11.2. The van der Waals surface area contributed by atoms with Crippen molar-refractivity contribution in [1.29, 1.82) is 0 Å². The first-order valence-corrected chi connectivity index (χ1v) is 6.03. The number of benzene rings is 1. The minimum absolute atomic E-state index is 0.215. The molecule has 0 spiro atoms. The summed E-state index contributed by atoms with van der Waals surface area (Å²) in [6.45, 7) is 0.215. The van der Waals surface area contributed by atoms with Gasteiger partial charge < -0.3 is 14.8 Å². The van der Waals surface area contributed by atoms with Gasteiger partial charge in [0, 0.05) is 25.8 Å². The van der Waals surface area contributed by atoms with Crippen LogP contribution in [-0.2, 0) is 9.47 Å². The second-order valence-electron chi connectivity index (χ2n) is 4.15. The van der Waals surface area contributed by atoms with Gasteiger partial charge in [0.25, 0.3) is 5.91 Å².